The second-order valence-corrected chi connectivity index (χ2v) is 4.95. The molecule has 0 aliphatic heterocycles. The van der Waals surface area contributed by atoms with Crippen LogP contribution >= 0.6 is 0 Å². The number of benzene rings is 1. The third kappa shape index (κ3) is 2.67. The number of hydrogen-bond donors (Lipinski definition) is 1. The molecule has 2 rings (SSSR count). The molecule has 0 saturated carbocycles. The van der Waals surface area contributed by atoms with Crippen molar-refractivity contribution in [3.05, 3.63) is 54.0 Å². The molecule has 0 saturated heterocycles. The van der Waals surface area contributed by atoms with E-state index in [0.29, 0.717) is 0 Å². The summed E-state index contributed by atoms with van der Waals surface area (Å²) in [5.74, 6) is 1.81. The van der Waals surface area contributed by atoms with Crippen LogP contribution in [0.3, 0.4) is 0 Å². The van der Waals surface area contributed by atoms with Crippen molar-refractivity contribution in [3.63, 3.8) is 0 Å². The van der Waals surface area contributed by atoms with Crippen LogP contribution in [0.1, 0.15) is 45.0 Å². The Balaban J connectivity index is 2.50. The Labute approximate surface area is 121 Å². The third-order valence-corrected chi connectivity index (χ3v) is 3.97. The summed E-state index contributed by atoms with van der Waals surface area (Å²) in [6.45, 7) is 7.36. The Morgan fingerprint density at radius 3 is 2.30 bits per heavy atom. The van der Waals surface area contributed by atoms with Crippen molar-refractivity contribution < 1.29 is 0 Å². The van der Waals surface area contributed by atoms with Crippen molar-refractivity contribution in [2.75, 3.05) is 11.9 Å². The average molecular weight is 269 g/mol. The standard InChI is InChI=1S/C17H23N3/c1-4-17(5-2,14-10-8-7-9-11-14)16-19-13-12-15(20-16)18-6-3/h7-13H,4-6H2,1-3H3,(H,18,19,20). The highest BCUT2D eigenvalue weighted by atomic mass is 15.0. The van der Waals surface area contributed by atoms with Gasteiger partial charge < -0.3 is 5.32 Å². The van der Waals surface area contributed by atoms with Gasteiger partial charge in [0.25, 0.3) is 0 Å². The molecule has 1 aromatic carbocycles. The van der Waals surface area contributed by atoms with Crippen LogP contribution in [-0.2, 0) is 5.41 Å². The Kier molecular flexibility index (Phi) is 4.72. The summed E-state index contributed by atoms with van der Waals surface area (Å²) in [6.07, 6.45) is 3.83. The predicted octanol–water partition coefficient (Wildman–Crippen LogP) is 4.01. The first-order chi connectivity index (χ1) is 9.76. The Bertz CT molecular complexity index is 533. The molecule has 0 atom stereocenters. The van der Waals surface area contributed by atoms with Crippen LogP contribution in [0.15, 0.2) is 42.6 Å². The first-order valence-corrected chi connectivity index (χ1v) is 7.39. The largest absolute Gasteiger partial charge is 0.370 e. The molecule has 2 aromatic rings. The fourth-order valence-corrected chi connectivity index (χ4v) is 2.73. The topological polar surface area (TPSA) is 37.8 Å². The van der Waals surface area contributed by atoms with E-state index in [1.54, 1.807) is 0 Å². The molecule has 1 heterocycles. The number of aromatic nitrogens is 2. The molecular formula is C17H23N3. The van der Waals surface area contributed by atoms with Gasteiger partial charge in [0.1, 0.15) is 11.6 Å². The third-order valence-electron chi connectivity index (χ3n) is 3.97. The van der Waals surface area contributed by atoms with Gasteiger partial charge in [-0.3, -0.25) is 0 Å². The van der Waals surface area contributed by atoms with Gasteiger partial charge in [-0.05, 0) is 31.4 Å². The van der Waals surface area contributed by atoms with Crippen LogP contribution in [0.2, 0.25) is 0 Å². The van der Waals surface area contributed by atoms with Crippen molar-refractivity contribution in [2.45, 2.75) is 39.0 Å². The van der Waals surface area contributed by atoms with Crippen molar-refractivity contribution in [2.24, 2.45) is 0 Å². The molecule has 1 N–H and O–H groups in total. The van der Waals surface area contributed by atoms with E-state index >= 15 is 0 Å². The van der Waals surface area contributed by atoms with Gasteiger partial charge in [0.05, 0.1) is 5.41 Å². The SMILES string of the molecule is CCNc1ccnc(C(CC)(CC)c2ccccc2)n1. The molecule has 0 aliphatic rings. The van der Waals surface area contributed by atoms with E-state index in [9.17, 15) is 0 Å². The van der Waals surface area contributed by atoms with Crippen LogP contribution in [0.4, 0.5) is 5.82 Å². The zero-order chi connectivity index (χ0) is 14.4. The number of nitrogens with zero attached hydrogens (tertiary/aromatic N) is 2. The van der Waals surface area contributed by atoms with Gasteiger partial charge in [-0.2, -0.15) is 0 Å². The van der Waals surface area contributed by atoms with Crippen LogP contribution in [0.5, 0.6) is 0 Å². The van der Waals surface area contributed by atoms with Gasteiger partial charge in [0.2, 0.25) is 0 Å². The maximum absolute atomic E-state index is 4.73. The van der Waals surface area contributed by atoms with E-state index in [2.05, 4.69) is 61.4 Å². The van der Waals surface area contributed by atoms with Crippen molar-refractivity contribution >= 4 is 5.82 Å². The summed E-state index contributed by atoms with van der Waals surface area (Å²) in [5.41, 5.74) is 1.19. The van der Waals surface area contributed by atoms with E-state index in [4.69, 9.17) is 4.98 Å². The molecule has 0 amide bonds. The van der Waals surface area contributed by atoms with Crippen molar-refractivity contribution in [3.8, 4) is 0 Å². The molecule has 0 aliphatic carbocycles. The number of rotatable bonds is 6. The highest BCUT2D eigenvalue weighted by Gasteiger charge is 2.33. The van der Waals surface area contributed by atoms with E-state index in [-0.39, 0.29) is 5.41 Å². The molecule has 0 radical (unpaired) electrons. The number of hydrogen-bond acceptors (Lipinski definition) is 3. The summed E-state index contributed by atoms with van der Waals surface area (Å²) in [5, 5.41) is 3.27. The lowest BCUT2D eigenvalue weighted by atomic mass is 9.75. The lowest BCUT2D eigenvalue weighted by Crippen LogP contribution is -2.29. The maximum atomic E-state index is 4.73. The normalized spacial score (nSPS) is 11.3. The summed E-state index contributed by atoms with van der Waals surface area (Å²) in [4.78, 5) is 9.29. The summed E-state index contributed by atoms with van der Waals surface area (Å²) in [6, 6.07) is 12.5. The van der Waals surface area contributed by atoms with Crippen LogP contribution in [-0.4, -0.2) is 16.5 Å². The van der Waals surface area contributed by atoms with E-state index in [0.717, 1.165) is 31.0 Å². The van der Waals surface area contributed by atoms with E-state index in [1.165, 1.54) is 5.56 Å². The quantitative estimate of drug-likeness (QED) is 0.861. The highest BCUT2D eigenvalue weighted by molar-refractivity contribution is 5.38. The molecule has 3 heteroatoms. The second-order valence-electron chi connectivity index (χ2n) is 4.95. The molecule has 0 unspecified atom stereocenters. The van der Waals surface area contributed by atoms with Crippen molar-refractivity contribution in [1.29, 1.82) is 0 Å². The predicted molar refractivity (Wildman–Crippen MR) is 84.0 cm³/mol. The first kappa shape index (κ1) is 14.5. The Morgan fingerprint density at radius 2 is 1.70 bits per heavy atom. The lowest BCUT2D eigenvalue weighted by Gasteiger charge is -2.31. The molecule has 20 heavy (non-hydrogen) atoms. The van der Waals surface area contributed by atoms with Crippen LogP contribution in [0, 0.1) is 0 Å². The van der Waals surface area contributed by atoms with Gasteiger partial charge in [-0.15, -0.1) is 0 Å². The van der Waals surface area contributed by atoms with Crippen molar-refractivity contribution in [1.82, 2.24) is 9.97 Å². The van der Waals surface area contributed by atoms with Crippen LogP contribution in [0.25, 0.3) is 0 Å². The minimum Gasteiger partial charge on any atom is -0.370 e. The zero-order valence-electron chi connectivity index (χ0n) is 12.6. The minimum absolute atomic E-state index is 0.104. The smallest absolute Gasteiger partial charge is 0.141 e. The summed E-state index contributed by atoms with van der Waals surface area (Å²) < 4.78 is 0. The lowest BCUT2D eigenvalue weighted by molar-refractivity contribution is 0.449. The van der Waals surface area contributed by atoms with Gasteiger partial charge >= 0.3 is 0 Å². The summed E-state index contributed by atoms with van der Waals surface area (Å²) in [7, 11) is 0. The molecule has 0 bridgehead atoms. The summed E-state index contributed by atoms with van der Waals surface area (Å²) >= 11 is 0. The molecule has 0 fully saturated rings. The monoisotopic (exact) mass is 269 g/mol. The average Bonchev–Trinajstić information content (AvgIpc) is 2.51. The van der Waals surface area contributed by atoms with E-state index in [1.807, 2.05) is 12.3 Å². The fraction of sp³-hybridized carbons (Fsp3) is 0.412. The zero-order valence-corrected chi connectivity index (χ0v) is 12.6. The van der Waals surface area contributed by atoms with Gasteiger partial charge in [-0.1, -0.05) is 44.2 Å². The highest BCUT2D eigenvalue weighted by Crippen LogP contribution is 2.36. The molecule has 3 nitrogen and oxygen atoms in total. The first-order valence-electron chi connectivity index (χ1n) is 7.39. The Morgan fingerprint density at radius 1 is 1.00 bits per heavy atom. The minimum atomic E-state index is -0.104. The van der Waals surface area contributed by atoms with Crippen LogP contribution < -0.4 is 5.32 Å². The van der Waals surface area contributed by atoms with Gasteiger partial charge in [-0.25, -0.2) is 9.97 Å². The number of anilines is 1. The Hall–Kier alpha value is -1.90. The molecular weight excluding hydrogens is 246 g/mol. The molecule has 0 spiro atoms. The maximum Gasteiger partial charge on any atom is 0.141 e. The second kappa shape index (κ2) is 6.51. The fourth-order valence-electron chi connectivity index (χ4n) is 2.73. The van der Waals surface area contributed by atoms with E-state index < -0.39 is 0 Å². The van der Waals surface area contributed by atoms with Gasteiger partial charge in [0.15, 0.2) is 0 Å². The number of nitrogens with one attached hydrogen (secondary N) is 1. The van der Waals surface area contributed by atoms with Gasteiger partial charge in [0, 0.05) is 12.7 Å². The molecule has 106 valence electrons. The molecule has 1 aromatic heterocycles.